The van der Waals surface area contributed by atoms with Gasteiger partial charge in [-0.05, 0) is 54.6 Å². The van der Waals surface area contributed by atoms with Crippen molar-refractivity contribution in [2.45, 2.75) is 6.18 Å². The molecule has 0 spiro atoms. The number of halogens is 5. The Balaban J connectivity index is 1.70. The second kappa shape index (κ2) is 8.82. The molecule has 3 aromatic rings. The van der Waals surface area contributed by atoms with Crippen LogP contribution in [0, 0.1) is 11.6 Å². The van der Waals surface area contributed by atoms with Gasteiger partial charge in [-0.3, -0.25) is 4.79 Å². The number of benzene rings is 3. The molecule has 3 aromatic carbocycles. The lowest BCUT2D eigenvalue weighted by Crippen LogP contribution is -2.20. The zero-order chi connectivity index (χ0) is 22.6. The molecule has 0 unspecified atom stereocenters. The Hall–Kier alpha value is -3.95. The predicted molar refractivity (Wildman–Crippen MR) is 105 cm³/mol. The highest BCUT2D eigenvalue weighted by molar-refractivity contribution is 6.05. The van der Waals surface area contributed by atoms with Crippen molar-refractivity contribution in [2.75, 3.05) is 16.0 Å². The largest absolute Gasteiger partial charge is 0.416 e. The van der Waals surface area contributed by atoms with Crippen molar-refractivity contribution in [3.05, 3.63) is 89.5 Å². The molecule has 3 N–H and O–H groups in total. The molecular weight excluding hydrogens is 421 g/mol. The molecule has 3 amide bonds. The number of alkyl halides is 3. The summed E-state index contributed by atoms with van der Waals surface area (Å²) >= 11 is 0. The van der Waals surface area contributed by atoms with Crippen LogP contribution in [0.2, 0.25) is 0 Å². The zero-order valence-corrected chi connectivity index (χ0v) is 15.6. The van der Waals surface area contributed by atoms with Gasteiger partial charge in [-0.1, -0.05) is 12.1 Å². The molecule has 31 heavy (non-hydrogen) atoms. The van der Waals surface area contributed by atoms with Crippen molar-refractivity contribution < 1.29 is 31.5 Å². The molecular formula is C21H14F5N3O2. The van der Waals surface area contributed by atoms with Crippen molar-refractivity contribution in [1.82, 2.24) is 0 Å². The van der Waals surface area contributed by atoms with Gasteiger partial charge >= 0.3 is 12.2 Å². The fourth-order valence-electron chi connectivity index (χ4n) is 2.59. The minimum absolute atomic E-state index is 0.0416. The normalized spacial score (nSPS) is 11.0. The van der Waals surface area contributed by atoms with Crippen LogP contribution in [0.4, 0.5) is 43.8 Å². The van der Waals surface area contributed by atoms with E-state index in [1.54, 1.807) is 0 Å². The van der Waals surface area contributed by atoms with Gasteiger partial charge in [0.25, 0.3) is 5.91 Å². The van der Waals surface area contributed by atoms with Crippen LogP contribution in [0.25, 0.3) is 0 Å². The molecule has 0 saturated heterocycles. The lowest BCUT2D eigenvalue weighted by atomic mass is 10.2. The number of carbonyl (C=O) groups is 2. The van der Waals surface area contributed by atoms with E-state index in [0.717, 1.165) is 42.5 Å². The van der Waals surface area contributed by atoms with Gasteiger partial charge in [0.2, 0.25) is 0 Å². The molecule has 0 radical (unpaired) electrons. The van der Waals surface area contributed by atoms with Gasteiger partial charge in [-0.15, -0.1) is 0 Å². The maximum Gasteiger partial charge on any atom is 0.416 e. The van der Waals surface area contributed by atoms with Crippen molar-refractivity contribution in [3.63, 3.8) is 0 Å². The van der Waals surface area contributed by atoms with E-state index >= 15 is 0 Å². The highest BCUT2D eigenvalue weighted by Gasteiger charge is 2.30. The summed E-state index contributed by atoms with van der Waals surface area (Å²) in [5, 5.41) is 6.83. The topological polar surface area (TPSA) is 70.2 Å². The summed E-state index contributed by atoms with van der Waals surface area (Å²) in [6, 6.07) is 11.2. The van der Waals surface area contributed by atoms with E-state index < -0.39 is 35.3 Å². The van der Waals surface area contributed by atoms with Gasteiger partial charge in [0, 0.05) is 16.9 Å². The number of amides is 3. The fraction of sp³-hybridized carbons (Fsp3) is 0.0476. The Morgan fingerprint density at radius 2 is 1.42 bits per heavy atom. The Bertz CT molecular complexity index is 1130. The molecule has 0 aliphatic heterocycles. The van der Waals surface area contributed by atoms with E-state index in [9.17, 15) is 31.5 Å². The summed E-state index contributed by atoms with van der Waals surface area (Å²) in [6.45, 7) is 0. The SMILES string of the molecule is O=C(Nc1cccc(C(F)(F)F)c1)Nc1ccc(F)c(NC(=O)c2cccc(F)c2)c1. The van der Waals surface area contributed by atoms with Gasteiger partial charge in [0.15, 0.2) is 0 Å². The number of rotatable bonds is 4. The molecule has 3 rings (SSSR count). The Morgan fingerprint density at radius 3 is 2.10 bits per heavy atom. The summed E-state index contributed by atoms with van der Waals surface area (Å²) in [4.78, 5) is 24.3. The second-order valence-electron chi connectivity index (χ2n) is 6.32. The minimum atomic E-state index is -4.57. The highest BCUT2D eigenvalue weighted by atomic mass is 19.4. The van der Waals surface area contributed by atoms with E-state index in [1.165, 1.54) is 24.3 Å². The monoisotopic (exact) mass is 435 g/mol. The van der Waals surface area contributed by atoms with Gasteiger partial charge < -0.3 is 16.0 Å². The van der Waals surface area contributed by atoms with Crippen LogP contribution >= 0.6 is 0 Å². The minimum Gasteiger partial charge on any atom is -0.319 e. The summed E-state index contributed by atoms with van der Waals surface area (Å²) < 4.78 is 65.6. The second-order valence-corrected chi connectivity index (χ2v) is 6.32. The van der Waals surface area contributed by atoms with Gasteiger partial charge in [-0.25, -0.2) is 13.6 Å². The van der Waals surface area contributed by atoms with Crippen LogP contribution in [0.5, 0.6) is 0 Å². The number of hydrogen-bond acceptors (Lipinski definition) is 2. The van der Waals surface area contributed by atoms with Crippen molar-refractivity contribution in [3.8, 4) is 0 Å². The van der Waals surface area contributed by atoms with Crippen LogP contribution in [0.1, 0.15) is 15.9 Å². The molecule has 0 atom stereocenters. The van der Waals surface area contributed by atoms with Crippen molar-refractivity contribution in [2.24, 2.45) is 0 Å². The first-order valence-electron chi connectivity index (χ1n) is 8.73. The molecule has 0 heterocycles. The van der Waals surface area contributed by atoms with E-state index in [0.29, 0.717) is 0 Å². The van der Waals surface area contributed by atoms with Gasteiger partial charge in [0.05, 0.1) is 11.3 Å². The lowest BCUT2D eigenvalue weighted by molar-refractivity contribution is -0.137. The summed E-state index contributed by atoms with van der Waals surface area (Å²) in [5.41, 5.74) is -1.31. The Morgan fingerprint density at radius 1 is 0.742 bits per heavy atom. The van der Waals surface area contributed by atoms with Crippen LogP contribution in [-0.4, -0.2) is 11.9 Å². The number of anilines is 3. The summed E-state index contributed by atoms with van der Waals surface area (Å²) in [5.74, 6) is -2.23. The fourth-order valence-corrected chi connectivity index (χ4v) is 2.59. The average Bonchev–Trinajstić information content (AvgIpc) is 2.70. The number of hydrogen-bond donors (Lipinski definition) is 3. The Labute approximate surface area is 172 Å². The first kappa shape index (κ1) is 21.8. The van der Waals surface area contributed by atoms with Crippen molar-refractivity contribution in [1.29, 1.82) is 0 Å². The van der Waals surface area contributed by atoms with Gasteiger partial charge in [0.1, 0.15) is 11.6 Å². The standard InChI is InChI=1S/C21H14F5N3O2/c22-14-5-1-3-12(9-14)19(30)29-18-11-16(7-8-17(18)23)28-20(31)27-15-6-2-4-13(10-15)21(24,25)26/h1-11H,(H,29,30)(H2,27,28,31). The predicted octanol–water partition coefficient (Wildman–Crippen LogP) is 5.88. The maximum absolute atomic E-state index is 14.0. The van der Waals surface area contributed by atoms with Crippen LogP contribution in [0.15, 0.2) is 66.7 Å². The third kappa shape index (κ3) is 5.78. The molecule has 5 nitrogen and oxygen atoms in total. The summed E-state index contributed by atoms with van der Waals surface area (Å²) in [7, 11) is 0. The number of carbonyl (C=O) groups excluding carboxylic acids is 2. The molecule has 10 heteroatoms. The van der Waals surface area contributed by atoms with Gasteiger partial charge in [-0.2, -0.15) is 13.2 Å². The average molecular weight is 435 g/mol. The third-order valence-corrected chi connectivity index (χ3v) is 4.01. The van der Waals surface area contributed by atoms with Crippen LogP contribution < -0.4 is 16.0 Å². The smallest absolute Gasteiger partial charge is 0.319 e. The maximum atomic E-state index is 14.0. The van der Waals surface area contributed by atoms with Crippen molar-refractivity contribution >= 4 is 29.0 Å². The first-order chi connectivity index (χ1) is 14.6. The zero-order valence-electron chi connectivity index (χ0n) is 15.6. The molecule has 0 aliphatic carbocycles. The molecule has 160 valence electrons. The molecule has 0 aliphatic rings. The molecule has 0 bridgehead atoms. The van der Waals surface area contributed by atoms with E-state index in [4.69, 9.17) is 0 Å². The first-order valence-corrected chi connectivity index (χ1v) is 8.73. The van der Waals surface area contributed by atoms with E-state index in [-0.39, 0.29) is 22.6 Å². The lowest BCUT2D eigenvalue weighted by Gasteiger charge is -2.12. The van der Waals surface area contributed by atoms with Crippen LogP contribution in [0.3, 0.4) is 0 Å². The van der Waals surface area contributed by atoms with E-state index in [1.807, 2.05) is 0 Å². The molecule has 0 fully saturated rings. The quantitative estimate of drug-likeness (QED) is 0.448. The highest BCUT2D eigenvalue weighted by Crippen LogP contribution is 2.30. The Kier molecular flexibility index (Phi) is 6.19. The number of urea groups is 1. The third-order valence-electron chi connectivity index (χ3n) is 4.01. The van der Waals surface area contributed by atoms with E-state index in [2.05, 4.69) is 16.0 Å². The van der Waals surface area contributed by atoms with Crippen LogP contribution in [-0.2, 0) is 6.18 Å². The molecule has 0 saturated carbocycles. The number of nitrogens with one attached hydrogen (secondary N) is 3. The molecule has 0 aromatic heterocycles. The summed E-state index contributed by atoms with van der Waals surface area (Å²) in [6.07, 6.45) is -4.57.